The molecule has 1 aromatic heterocycles. The molecule has 1 amide bonds. The molecule has 0 radical (unpaired) electrons. The van der Waals surface area contributed by atoms with Crippen molar-refractivity contribution in [2.45, 2.75) is 0 Å². The summed E-state index contributed by atoms with van der Waals surface area (Å²) >= 11 is 7.51. The summed E-state index contributed by atoms with van der Waals surface area (Å²) in [7, 11) is 4.45. The quantitative estimate of drug-likeness (QED) is 0.373. The number of carbonyl (C=O) groups excluding carboxylic acids is 1. The van der Waals surface area contributed by atoms with Crippen LogP contribution < -0.4 is 25.0 Å². The molecule has 0 aliphatic rings. The largest absolute Gasteiger partial charge is 0.493 e. The fourth-order valence-electron chi connectivity index (χ4n) is 3.52. The Morgan fingerprint density at radius 1 is 0.909 bits per heavy atom. The maximum absolute atomic E-state index is 13.4. The number of hydrogen-bond donors (Lipinski definition) is 1. The van der Waals surface area contributed by atoms with Crippen LogP contribution in [0.1, 0.15) is 10.4 Å². The molecular weight excluding hydrogens is 462 g/mol. The molecule has 0 saturated heterocycles. The number of hydrogen-bond acceptors (Lipinski definition) is 6. The van der Waals surface area contributed by atoms with Crippen molar-refractivity contribution in [3.8, 4) is 28.4 Å². The molecule has 1 heterocycles. The van der Waals surface area contributed by atoms with E-state index in [4.69, 9.17) is 25.8 Å². The van der Waals surface area contributed by atoms with Crippen LogP contribution in [0.15, 0.2) is 65.5 Å². The van der Waals surface area contributed by atoms with Crippen molar-refractivity contribution in [1.82, 2.24) is 0 Å². The Bertz CT molecular complexity index is 1390. The maximum atomic E-state index is 13.4. The van der Waals surface area contributed by atoms with Gasteiger partial charge in [-0.2, -0.15) is 0 Å². The predicted octanol–water partition coefficient (Wildman–Crippen LogP) is 5.86. The first-order valence-electron chi connectivity index (χ1n) is 9.90. The lowest BCUT2D eigenvalue weighted by Gasteiger charge is -2.15. The number of halogens is 1. The average molecular weight is 482 g/mol. The Labute approximate surface area is 199 Å². The molecule has 8 heteroatoms. The van der Waals surface area contributed by atoms with E-state index in [1.54, 1.807) is 42.5 Å². The molecular formula is C25H20ClNO5S. The molecule has 0 atom stereocenters. The second-order valence-electron chi connectivity index (χ2n) is 7.01. The fraction of sp³-hybridized carbons (Fsp3) is 0.120. The molecule has 4 rings (SSSR count). The topological polar surface area (TPSA) is 73.9 Å². The van der Waals surface area contributed by atoms with Crippen LogP contribution in [0.25, 0.3) is 21.2 Å². The summed E-state index contributed by atoms with van der Waals surface area (Å²) in [5, 5.41) is 4.38. The Hall–Kier alpha value is -3.55. The van der Waals surface area contributed by atoms with Crippen LogP contribution in [-0.4, -0.2) is 27.2 Å². The molecule has 168 valence electrons. The second kappa shape index (κ2) is 9.52. The highest BCUT2D eigenvalue weighted by Crippen LogP contribution is 2.39. The first-order chi connectivity index (χ1) is 16.0. The van der Waals surface area contributed by atoms with E-state index in [0.29, 0.717) is 43.8 Å². The predicted molar refractivity (Wildman–Crippen MR) is 133 cm³/mol. The van der Waals surface area contributed by atoms with Crippen molar-refractivity contribution in [2.75, 3.05) is 26.6 Å². The van der Waals surface area contributed by atoms with Crippen LogP contribution in [-0.2, 0) is 0 Å². The number of amides is 1. The van der Waals surface area contributed by atoms with E-state index in [0.717, 1.165) is 4.70 Å². The zero-order valence-electron chi connectivity index (χ0n) is 18.1. The third-order valence-corrected chi connectivity index (χ3v) is 6.39. The molecule has 0 bridgehead atoms. The summed E-state index contributed by atoms with van der Waals surface area (Å²) in [6, 6.07) is 17.4. The van der Waals surface area contributed by atoms with Gasteiger partial charge in [0.2, 0.25) is 5.75 Å². The summed E-state index contributed by atoms with van der Waals surface area (Å²) in [4.78, 5) is 26.7. The maximum Gasteiger partial charge on any atom is 0.256 e. The van der Waals surface area contributed by atoms with Gasteiger partial charge in [-0.25, -0.2) is 0 Å². The SMILES string of the molecule is COc1cc(C(=O)Nc2sc3ccccc3c(=O)c2-c2cccc(Cl)c2)cc(OC)c1OC. The molecule has 33 heavy (non-hydrogen) atoms. The molecule has 0 aliphatic heterocycles. The number of anilines is 1. The van der Waals surface area contributed by atoms with E-state index in [9.17, 15) is 9.59 Å². The van der Waals surface area contributed by atoms with Crippen molar-refractivity contribution in [3.63, 3.8) is 0 Å². The molecule has 3 aromatic carbocycles. The van der Waals surface area contributed by atoms with Crippen LogP contribution in [0.5, 0.6) is 17.2 Å². The number of benzene rings is 3. The van der Waals surface area contributed by atoms with E-state index in [1.165, 1.54) is 32.7 Å². The van der Waals surface area contributed by atoms with Gasteiger partial charge >= 0.3 is 0 Å². The number of methoxy groups -OCH3 is 3. The second-order valence-corrected chi connectivity index (χ2v) is 8.50. The minimum absolute atomic E-state index is 0.188. The zero-order valence-corrected chi connectivity index (χ0v) is 19.7. The zero-order chi connectivity index (χ0) is 23.5. The van der Waals surface area contributed by atoms with Gasteiger partial charge in [0.25, 0.3) is 5.91 Å². The van der Waals surface area contributed by atoms with E-state index in [2.05, 4.69) is 5.32 Å². The van der Waals surface area contributed by atoms with Crippen molar-refractivity contribution in [2.24, 2.45) is 0 Å². The Morgan fingerprint density at radius 2 is 1.61 bits per heavy atom. The van der Waals surface area contributed by atoms with E-state index in [1.807, 2.05) is 18.2 Å². The number of nitrogens with one attached hydrogen (secondary N) is 1. The molecule has 0 fully saturated rings. The third kappa shape index (κ3) is 4.37. The van der Waals surface area contributed by atoms with Gasteiger partial charge in [-0.05, 0) is 42.0 Å². The van der Waals surface area contributed by atoms with Crippen molar-refractivity contribution < 1.29 is 19.0 Å². The smallest absolute Gasteiger partial charge is 0.256 e. The third-order valence-electron chi connectivity index (χ3n) is 5.07. The van der Waals surface area contributed by atoms with E-state index in [-0.39, 0.29) is 11.0 Å². The minimum atomic E-state index is -0.427. The van der Waals surface area contributed by atoms with Crippen molar-refractivity contribution >= 4 is 43.9 Å². The fourth-order valence-corrected chi connectivity index (χ4v) is 4.81. The highest BCUT2D eigenvalue weighted by molar-refractivity contribution is 7.22. The summed E-state index contributed by atoms with van der Waals surface area (Å²) in [5.74, 6) is 0.655. The van der Waals surface area contributed by atoms with Gasteiger partial charge in [0.05, 0.1) is 26.9 Å². The van der Waals surface area contributed by atoms with Crippen LogP contribution in [0, 0.1) is 0 Å². The minimum Gasteiger partial charge on any atom is -0.493 e. The van der Waals surface area contributed by atoms with Gasteiger partial charge in [-0.15, -0.1) is 11.3 Å². The molecule has 0 spiro atoms. The monoisotopic (exact) mass is 481 g/mol. The Kier molecular flexibility index (Phi) is 6.53. The number of ether oxygens (including phenoxy) is 3. The van der Waals surface area contributed by atoms with Gasteiger partial charge in [0, 0.05) is 20.7 Å². The molecule has 1 N–H and O–H groups in total. The van der Waals surface area contributed by atoms with Crippen LogP contribution in [0.2, 0.25) is 5.02 Å². The summed E-state index contributed by atoms with van der Waals surface area (Å²) in [6.07, 6.45) is 0. The van der Waals surface area contributed by atoms with Crippen LogP contribution >= 0.6 is 22.9 Å². The average Bonchev–Trinajstić information content (AvgIpc) is 2.83. The van der Waals surface area contributed by atoms with Crippen LogP contribution in [0.3, 0.4) is 0 Å². The van der Waals surface area contributed by atoms with E-state index >= 15 is 0 Å². The lowest BCUT2D eigenvalue weighted by molar-refractivity contribution is 0.102. The first kappa shape index (κ1) is 22.6. The van der Waals surface area contributed by atoms with Gasteiger partial charge in [0.15, 0.2) is 16.9 Å². The standard InChI is InChI=1S/C25H20ClNO5S/c1-30-18-12-15(13-19(31-2)23(18)32-3)24(29)27-25-21(14-7-6-8-16(26)11-14)22(28)17-9-4-5-10-20(17)33-25/h4-13H,1-3H3,(H,27,29). The van der Waals surface area contributed by atoms with Gasteiger partial charge < -0.3 is 19.5 Å². The van der Waals surface area contributed by atoms with Crippen molar-refractivity contribution in [3.05, 3.63) is 81.5 Å². The lowest BCUT2D eigenvalue weighted by atomic mass is 10.1. The Morgan fingerprint density at radius 3 is 2.24 bits per heavy atom. The summed E-state index contributed by atoms with van der Waals surface area (Å²) in [5.41, 5.74) is 1.10. The molecule has 0 unspecified atom stereocenters. The first-order valence-corrected chi connectivity index (χ1v) is 11.1. The molecule has 0 aliphatic carbocycles. The number of fused-ring (bicyclic) bond motifs is 1. The highest BCUT2D eigenvalue weighted by Gasteiger charge is 2.20. The van der Waals surface area contributed by atoms with E-state index < -0.39 is 5.91 Å². The van der Waals surface area contributed by atoms with Crippen LogP contribution in [0.4, 0.5) is 5.00 Å². The number of rotatable bonds is 6. The van der Waals surface area contributed by atoms with Gasteiger partial charge in [-0.1, -0.05) is 35.9 Å². The normalized spacial score (nSPS) is 10.7. The van der Waals surface area contributed by atoms with Gasteiger partial charge in [0.1, 0.15) is 5.00 Å². The molecule has 6 nitrogen and oxygen atoms in total. The van der Waals surface area contributed by atoms with Crippen molar-refractivity contribution in [1.29, 1.82) is 0 Å². The molecule has 4 aromatic rings. The number of carbonyl (C=O) groups is 1. The Balaban J connectivity index is 1.86. The highest BCUT2D eigenvalue weighted by atomic mass is 35.5. The summed E-state index contributed by atoms with van der Waals surface area (Å²) < 4.78 is 16.8. The summed E-state index contributed by atoms with van der Waals surface area (Å²) in [6.45, 7) is 0. The molecule has 0 saturated carbocycles. The van der Waals surface area contributed by atoms with Gasteiger partial charge in [-0.3, -0.25) is 9.59 Å². The lowest BCUT2D eigenvalue weighted by Crippen LogP contribution is -2.16.